The van der Waals surface area contributed by atoms with E-state index in [4.69, 9.17) is 0 Å². The Hall–Kier alpha value is -4.34. The first-order chi connectivity index (χ1) is 17.6. The highest BCUT2D eigenvalue weighted by Crippen LogP contribution is 2.30. The molecule has 0 spiro atoms. The van der Waals surface area contributed by atoms with Gasteiger partial charge in [-0.2, -0.15) is 13.2 Å². The van der Waals surface area contributed by atoms with Crippen LogP contribution in [0.4, 0.5) is 30.2 Å². The molecule has 10 heteroatoms. The van der Waals surface area contributed by atoms with Crippen LogP contribution in [-0.4, -0.2) is 42.3 Å². The Kier molecular flexibility index (Phi) is 8.89. The van der Waals surface area contributed by atoms with E-state index in [2.05, 4.69) is 16.0 Å². The number of alkyl halides is 3. The van der Waals surface area contributed by atoms with Crippen molar-refractivity contribution in [1.82, 2.24) is 4.90 Å². The number of benzene rings is 3. The van der Waals surface area contributed by atoms with Gasteiger partial charge in [-0.05, 0) is 68.4 Å². The molecule has 3 rings (SSSR count). The molecule has 3 amide bonds. The van der Waals surface area contributed by atoms with E-state index in [1.165, 1.54) is 24.3 Å². The fraction of sp³-hybridized carbons (Fsp3) is 0.222. The molecule has 3 aromatic carbocycles. The third-order valence-corrected chi connectivity index (χ3v) is 5.47. The van der Waals surface area contributed by atoms with E-state index in [1.807, 2.05) is 13.8 Å². The maximum atomic E-state index is 12.9. The molecule has 7 nitrogen and oxygen atoms in total. The number of hydrogen-bond donors (Lipinski definition) is 3. The molecule has 3 aromatic rings. The van der Waals surface area contributed by atoms with Gasteiger partial charge in [-0.3, -0.25) is 14.4 Å². The lowest BCUT2D eigenvalue weighted by Crippen LogP contribution is -2.30. The number of nitrogens with one attached hydrogen (secondary N) is 3. The zero-order valence-electron chi connectivity index (χ0n) is 20.4. The second kappa shape index (κ2) is 12.1. The molecule has 37 heavy (non-hydrogen) atoms. The summed E-state index contributed by atoms with van der Waals surface area (Å²) in [6, 6.07) is 17.2. The first kappa shape index (κ1) is 27.3. The van der Waals surface area contributed by atoms with E-state index in [0.29, 0.717) is 30.0 Å². The molecule has 0 aliphatic heterocycles. The second-order valence-corrected chi connectivity index (χ2v) is 8.07. The van der Waals surface area contributed by atoms with Gasteiger partial charge in [0, 0.05) is 41.3 Å². The summed E-state index contributed by atoms with van der Waals surface area (Å²) in [6.45, 7) is 4.82. The standard InChI is InChI=1S/C27H27F3N4O3/c1-3-34(4-2)26(37)19-9-6-12-22(15-19)32-24(35)17-31-21-11-5-8-18(14-21)25(36)33-23-13-7-10-20(16-23)27(28,29)30/h5-16,31H,3-4,17H2,1-2H3,(H,32,35)(H,33,36). The zero-order chi connectivity index (χ0) is 27.0. The van der Waals surface area contributed by atoms with Gasteiger partial charge in [-0.15, -0.1) is 0 Å². The van der Waals surface area contributed by atoms with Gasteiger partial charge in [-0.25, -0.2) is 0 Å². The van der Waals surface area contributed by atoms with Crippen molar-refractivity contribution in [2.24, 2.45) is 0 Å². The summed E-state index contributed by atoms with van der Waals surface area (Å²) >= 11 is 0. The van der Waals surface area contributed by atoms with Gasteiger partial charge in [-0.1, -0.05) is 18.2 Å². The summed E-state index contributed by atoms with van der Waals surface area (Å²) in [6.07, 6.45) is -4.52. The number of rotatable bonds is 9. The quantitative estimate of drug-likeness (QED) is 0.354. The summed E-state index contributed by atoms with van der Waals surface area (Å²) in [7, 11) is 0. The maximum absolute atomic E-state index is 12.9. The SMILES string of the molecule is CCN(CC)C(=O)c1cccc(NC(=O)CNc2cccc(C(=O)Nc3cccc(C(F)(F)F)c3)c2)c1. The summed E-state index contributed by atoms with van der Waals surface area (Å²) < 4.78 is 38.7. The molecule has 0 heterocycles. The van der Waals surface area contributed by atoms with Crippen LogP contribution in [0.3, 0.4) is 0 Å². The second-order valence-electron chi connectivity index (χ2n) is 8.07. The molecule has 0 unspecified atom stereocenters. The van der Waals surface area contributed by atoms with Gasteiger partial charge >= 0.3 is 6.18 Å². The zero-order valence-corrected chi connectivity index (χ0v) is 20.4. The fourth-order valence-corrected chi connectivity index (χ4v) is 3.56. The third kappa shape index (κ3) is 7.57. The predicted octanol–water partition coefficient (Wildman–Crippen LogP) is 5.49. The smallest absolute Gasteiger partial charge is 0.376 e. The van der Waals surface area contributed by atoms with Gasteiger partial charge in [0.15, 0.2) is 0 Å². The summed E-state index contributed by atoms with van der Waals surface area (Å²) in [4.78, 5) is 39.2. The largest absolute Gasteiger partial charge is 0.416 e. The van der Waals surface area contributed by atoms with Gasteiger partial charge in [0.2, 0.25) is 5.91 Å². The molecule has 0 radical (unpaired) electrons. The van der Waals surface area contributed by atoms with Crippen molar-refractivity contribution in [2.75, 3.05) is 35.6 Å². The molecule has 0 saturated heterocycles. The van der Waals surface area contributed by atoms with Crippen molar-refractivity contribution < 1.29 is 27.6 Å². The van der Waals surface area contributed by atoms with Crippen molar-refractivity contribution in [1.29, 1.82) is 0 Å². The van der Waals surface area contributed by atoms with Crippen LogP contribution in [0.25, 0.3) is 0 Å². The van der Waals surface area contributed by atoms with Gasteiger partial charge < -0.3 is 20.9 Å². The normalized spacial score (nSPS) is 10.9. The van der Waals surface area contributed by atoms with E-state index in [0.717, 1.165) is 12.1 Å². The summed E-state index contributed by atoms with van der Waals surface area (Å²) in [5, 5.41) is 8.09. The lowest BCUT2D eigenvalue weighted by atomic mass is 10.1. The molecule has 194 valence electrons. The van der Waals surface area contributed by atoms with Crippen molar-refractivity contribution in [3.05, 3.63) is 89.5 Å². The number of carbonyl (C=O) groups is 3. The Bertz CT molecular complexity index is 1270. The Morgan fingerprint density at radius 1 is 0.757 bits per heavy atom. The van der Waals surface area contributed by atoms with Crippen molar-refractivity contribution in [2.45, 2.75) is 20.0 Å². The van der Waals surface area contributed by atoms with E-state index >= 15 is 0 Å². The molecule has 0 aliphatic carbocycles. The highest BCUT2D eigenvalue weighted by Gasteiger charge is 2.30. The van der Waals surface area contributed by atoms with Gasteiger partial charge in [0.1, 0.15) is 0 Å². The Morgan fingerprint density at radius 2 is 1.32 bits per heavy atom. The lowest BCUT2D eigenvalue weighted by Gasteiger charge is -2.19. The van der Waals surface area contributed by atoms with Crippen LogP contribution in [0.5, 0.6) is 0 Å². The molecule has 0 aromatic heterocycles. The predicted molar refractivity (Wildman–Crippen MR) is 137 cm³/mol. The van der Waals surface area contributed by atoms with Crippen LogP contribution in [0, 0.1) is 0 Å². The van der Waals surface area contributed by atoms with Crippen molar-refractivity contribution >= 4 is 34.8 Å². The Balaban J connectivity index is 1.59. The fourth-order valence-electron chi connectivity index (χ4n) is 3.56. The number of amides is 3. The minimum atomic E-state index is -4.52. The first-order valence-electron chi connectivity index (χ1n) is 11.6. The topological polar surface area (TPSA) is 90.5 Å². The molecule has 0 atom stereocenters. The molecule has 0 bridgehead atoms. The molecule has 0 aliphatic rings. The van der Waals surface area contributed by atoms with Crippen LogP contribution < -0.4 is 16.0 Å². The summed E-state index contributed by atoms with van der Waals surface area (Å²) in [5.74, 6) is -1.09. The number of nitrogens with zero attached hydrogens (tertiary/aromatic N) is 1. The third-order valence-electron chi connectivity index (χ3n) is 5.47. The molecule has 0 saturated carbocycles. The van der Waals surface area contributed by atoms with Crippen LogP contribution in [0.2, 0.25) is 0 Å². The van der Waals surface area contributed by atoms with Crippen molar-refractivity contribution in [3.63, 3.8) is 0 Å². The molecular formula is C27H27F3N4O3. The molecular weight excluding hydrogens is 485 g/mol. The average molecular weight is 513 g/mol. The molecule has 3 N–H and O–H groups in total. The van der Waals surface area contributed by atoms with Crippen LogP contribution in [0.1, 0.15) is 40.1 Å². The number of halogens is 3. The maximum Gasteiger partial charge on any atom is 0.416 e. The average Bonchev–Trinajstić information content (AvgIpc) is 2.88. The minimum absolute atomic E-state index is 0.0132. The summed E-state index contributed by atoms with van der Waals surface area (Å²) in [5.41, 5.74) is 0.754. The highest BCUT2D eigenvalue weighted by molar-refractivity contribution is 6.05. The lowest BCUT2D eigenvalue weighted by molar-refractivity contribution is -0.137. The first-order valence-corrected chi connectivity index (χ1v) is 11.6. The van der Waals surface area contributed by atoms with Crippen molar-refractivity contribution in [3.8, 4) is 0 Å². The number of hydrogen-bond acceptors (Lipinski definition) is 4. The van der Waals surface area contributed by atoms with Crippen LogP contribution >= 0.6 is 0 Å². The van der Waals surface area contributed by atoms with E-state index in [9.17, 15) is 27.6 Å². The van der Waals surface area contributed by atoms with Gasteiger partial charge in [0.25, 0.3) is 11.8 Å². The number of anilines is 3. The highest BCUT2D eigenvalue weighted by atomic mass is 19.4. The van der Waals surface area contributed by atoms with Crippen LogP contribution in [0.15, 0.2) is 72.8 Å². The van der Waals surface area contributed by atoms with Crippen LogP contribution in [-0.2, 0) is 11.0 Å². The molecule has 0 fully saturated rings. The minimum Gasteiger partial charge on any atom is -0.376 e. The monoisotopic (exact) mass is 512 g/mol. The Labute approximate surface area is 212 Å². The Morgan fingerprint density at radius 3 is 1.97 bits per heavy atom. The van der Waals surface area contributed by atoms with Gasteiger partial charge in [0.05, 0.1) is 12.1 Å². The van der Waals surface area contributed by atoms with E-state index < -0.39 is 17.6 Å². The van der Waals surface area contributed by atoms with E-state index in [-0.39, 0.29) is 29.6 Å². The number of carbonyl (C=O) groups excluding carboxylic acids is 3. The van der Waals surface area contributed by atoms with E-state index in [1.54, 1.807) is 41.3 Å².